The number of hydrogen-bond donors (Lipinski definition) is 3. The molecule has 6 heterocycles. The maximum atomic E-state index is 13.3. The van der Waals surface area contributed by atoms with E-state index in [0.29, 0.717) is 31.1 Å². The fraction of sp³-hybridized carbons (Fsp3) is 0.385. The second-order valence-electron chi connectivity index (χ2n) is 9.88. The Morgan fingerprint density at radius 2 is 2.14 bits per heavy atom. The van der Waals surface area contributed by atoms with Gasteiger partial charge in [0.1, 0.15) is 42.7 Å². The molecule has 6 rings (SSSR count). The highest BCUT2D eigenvalue weighted by Crippen LogP contribution is 2.40. The van der Waals surface area contributed by atoms with E-state index >= 15 is 0 Å². The van der Waals surface area contributed by atoms with Crippen molar-refractivity contribution >= 4 is 57.4 Å². The van der Waals surface area contributed by atoms with E-state index in [-0.39, 0.29) is 22.2 Å². The van der Waals surface area contributed by atoms with E-state index in [0.717, 1.165) is 42.3 Å². The Bertz CT molecular complexity index is 1610. The number of imidazole rings is 1. The lowest BCUT2D eigenvalue weighted by Crippen LogP contribution is -2.71. The van der Waals surface area contributed by atoms with Crippen molar-refractivity contribution in [3.63, 3.8) is 0 Å². The summed E-state index contributed by atoms with van der Waals surface area (Å²) in [5.41, 5.74) is 8.33. The minimum absolute atomic E-state index is 0.0511. The molecular weight excluding hydrogens is 584 g/mol. The summed E-state index contributed by atoms with van der Waals surface area (Å²) in [5, 5.41) is 17.9. The Balaban J connectivity index is 1.23. The molecule has 0 unspecified atom stereocenters. The van der Waals surface area contributed by atoms with Crippen LogP contribution in [0.5, 0.6) is 0 Å². The first-order valence-corrected chi connectivity index (χ1v) is 15.1. The molecule has 42 heavy (non-hydrogen) atoms. The highest BCUT2D eigenvalue weighted by Gasteiger charge is 2.54. The van der Waals surface area contributed by atoms with Crippen LogP contribution in [0, 0.1) is 0 Å². The first kappa shape index (κ1) is 28.1. The normalized spacial score (nSPS) is 21.3. The molecule has 4 N–H and O–H groups in total. The van der Waals surface area contributed by atoms with E-state index in [1.54, 1.807) is 5.38 Å². The SMILES string of the molecule is CO/N=C(\C(=O)N[C@@H]1C(=O)N2C(C(=O)O)=C(C[n+]3cc(CN4CCOCC4)n4ccccc43)CS[C@@H]12)c1csc(N)n1. The number of hydrogen-bond acceptors (Lipinski definition) is 11. The van der Waals surface area contributed by atoms with Crippen molar-refractivity contribution < 1.29 is 33.6 Å². The van der Waals surface area contributed by atoms with E-state index in [2.05, 4.69) is 24.8 Å². The van der Waals surface area contributed by atoms with E-state index in [1.165, 1.54) is 23.8 Å². The number of carboxylic acids is 1. The molecule has 0 bridgehead atoms. The Morgan fingerprint density at radius 1 is 1.33 bits per heavy atom. The summed E-state index contributed by atoms with van der Waals surface area (Å²) in [6, 6.07) is 4.95. The molecule has 0 aliphatic carbocycles. The van der Waals surface area contributed by atoms with Crippen molar-refractivity contribution in [2.24, 2.45) is 5.16 Å². The standard InChI is InChI=1S/C26H28N8O6S2/c1-39-30-19(17-14-42-26(27)28-17)22(35)29-20-23(36)34-21(25(37)38)15(13-41-24(20)34)10-32-12-16(11-31-6-8-40-9-7-31)33-5-3-2-4-18(32)33/h2-5,12,14,20,24H,6-11,13H2,1H3,(H3-,27,28,29,35,37,38)/p+1/b30-19-/t20-,24+/m1/s1. The Hall–Kier alpha value is -3.99. The molecule has 220 valence electrons. The van der Waals surface area contributed by atoms with Crippen LogP contribution in [-0.2, 0) is 37.0 Å². The number of ether oxygens (including phenoxy) is 1. The van der Waals surface area contributed by atoms with Gasteiger partial charge in [-0.05, 0) is 6.07 Å². The van der Waals surface area contributed by atoms with Crippen molar-refractivity contribution in [1.82, 2.24) is 24.5 Å². The van der Waals surface area contributed by atoms with Crippen LogP contribution in [0.3, 0.4) is 0 Å². The number of oxime groups is 1. The van der Waals surface area contributed by atoms with Gasteiger partial charge < -0.3 is 25.7 Å². The van der Waals surface area contributed by atoms with Gasteiger partial charge in [-0.1, -0.05) is 11.2 Å². The molecule has 3 aromatic heterocycles. The van der Waals surface area contributed by atoms with Gasteiger partial charge in [0, 0.05) is 35.9 Å². The van der Waals surface area contributed by atoms with Crippen molar-refractivity contribution in [3.05, 3.63) is 58.6 Å². The van der Waals surface area contributed by atoms with Crippen molar-refractivity contribution in [2.45, 2.75) is 24.5 Å². The topological polar surface area (TPSA) is 168 Å². The number of thiazole rings is 1. The Kier molecular flexibility index (Phi) is 7.85. The second kappa shape index (κ2) is 11.7. The number of carbonyl (C=O) groups excluding carboxylic acids is 2. The van der Waals surface area contributed by atoms with Crippen LogP contribution in [0.15, 0.2) is 52.4 Å². The molecule has 0 aromatic carbocycles. The van der Waals surface area contributed by atoms with Crippen LogP contribution in [0.2, 0.25) is 0 Å². The fourth-order valence-electron chi connectivity index (χ4n) is 5.36. The van der Waals surface area contributed by atoms with E-state index in [4.69, 9.17) is 15.3 Å². The highest BCUT2D eigenvalue weighted by molar-refractivity contribution is 8.00. The van der Waals surface area contributed by atoms with E-state index in [9.17, 15) is 19.5 Å². The lowest BCUT2D eigenvalue weighted by Gasteiger charge is -2.49. The van der Waals surface area contributed by atoms with Crippen LogP contribution < -0.4 is 15.6 Å². The number of nitrogens with one attached hydrogen (secondary N) is 1. The zero-order valence-corrected chi connectivity index (χ0v) is 24.3. The van der Waals surface area contributed by atoms with Gasteiger partial charge in [0.2, 0.25) is 0 Å². The quantitative estimate of drug-likeness (QED) is 0.128. The zero-order chi connectivity index (χ0) is 29.4. The molecule has 3 aromatic rings. The number of nitrogens with zero attached hydrogens (tertiary/aromatic N) is 6. The van der Waals surface area contributed by atoms with Crippen LogP contribution in [-0.4, -0.2) is 98.4 Å². The number of nitrogen functional groups attached to an aromatic ring is 1. The number of aliphatic carboxylic acids is 1. The summed E-state index contributed by atoms with van der Waals surface area (Å²) < 4.78 is 9.60. The number of thioether (sulfide) groups is 1. The number of anilines is 1. The van der Waals surface area contributed by atoms with Gasteiger partial charge in [-0.15, -0.1) is 23.1 Å². The Labute approximate surface area is 248 Å². The first-order chi connectivity index (χ1) is 20.4. The van der Waals surface area contributed by atoms with Gasteiger partial charge in [-0.3, -0.25) is 19.4 Å². The van der Waals surface area contributed by atoms with Gasteiger partial charge in [-0.2, -0.15) is 4.40 Å². The molecule has 0 radical (unpaired) electrons. The number of carbonyl (C=O) groups is 3. The predicted octanol–water partition coefficient (Wildman–Crippen LogP) is -0.113. The molecule has 0 spiro atoms. The summed E-state index contributed by atoms with van der Waals surface area (Å²) in [6.45, 7) is 4.12. The smallest absolute Gasteiger partial charge is 0.352 e. The van der Waals surface area contributed by atoms with Crippen LogP contribution in [0.4, 0.5) is 5.13 Å². The number of rotatable bonds is 9. The van der Waals surface area contributed by atoms with E-state index < -0.39 is 29.2 Å². The number of morpholine rings is 1. The number of fused-ring (bicyclic) bond motifs is 2. The minimum atomic E-state index is -1.19. The third-order valence-electron chi connectivity index (χ3n) is 7.30. The number of carboxylic acid groups (broad SMARTS) is 1. The van der Waals surface area contributed by atoms with Gasteiger partial charge in [0.25, 0.3) is 17.5 Å². The summed E-state index contributed by atoms with van der Waals surface area (Å²) in [7, 11) is 1.29. The summed E-state index contributed by atoms with van der Waals surface area (Å²) >= 11 is 2.54. The average Bonchev–Trinajstić information content (AvgIpc) is 3.57. The molecule has 2 atom stereocenters. The van der Waals surface area contributed by atoms with Crippen molar-refractivity contribution in [2.75, 3.05) is 44.9 Å². The molecule has 3 aliphatic rings. The molecule has 2 saturated heterocycles. The lowest BCUT2D eigenvalue weighted by molar-refractivity contribution is -0.662. The third-order valence-corrected chi connectivity index (χ3v) is 9.31. The number of β-lactam (4-membered cyclic amide) rings is 1. The second-order valence-corrected chi connectivity index (χ2v) is 11.9. The highest BCUT2D eigenvalue weighted by atomic mass is 32.2. The Morgan fingerprint density at radius 3 is 2.86 bits per heavy atom. The van der Waals surface area contributed by atoms with Crippen molar-refractivity contribution in [1.29, 1.82) is 0 Å². The first-order valence-electron chi connectivity index (χ1n) is 13.2. The van der Waals surface area contributed by atoms with Crippen molar-refractivity contribution in [3.8, 4) is 0 Å². The van der Waals surface area contributed by atoms with Gasteiger partial charge in [-0.25, -0.2) is 14.3 Å². The largest absolute Gasteiger partial charge is 0.477 e. The minimum Gasteiger partial charge on any atom is -0.477 e. The molecule has 2 amide bonds. The molecule has 3 aliphatic heterocycles. The summed E-state index contributed by atoms with van der Waals surface area (Å²) in [4.78, 5) is 51.3. The van der Waals surface area contributed by atoms with Crippen LogP contribution in [0.1, 0.15) is 11.4 Å². The van der Waals surface area contributed by atoms with E-state index in [1.807, 2.05) is 35.2 Å². The zero-order valence-electron chi connectivity index (χ0n) is 22.6. The van der Waals surface area contributed by atoms with Crippen LogP contribution in [0.25, 0.3) is 5.65 Å². The van der Waals surface area contributed by atoms with Crippen LogP contribution >= 0.6 is 23.1 Å². The molecular formula is C26H29N8O6S2+. The number of aromatic nitrogens is 3. The number of amides is 2. The lowest BCUT2D eigenvalue weighted by atomic mass is 10.0. The maximum absolute atomic E-state index is 13.3. The average molecular weight is 614 g/mol. The van der Waals surface area contributed by atoms with Gasteiger partial charge in [0.15, 0.2) is 16.5 Å². The summed E-state index contributed by atoms with van der Waals surface area (Å²) in [5.74, 6) is -1.99. The third kappa shape index (κ3) is 5.21. The number of nitrogens with two attached hydrogens (primary N) is 1. The monoisotopic (exact) mass is 613 g/mol. The maximum Gasteiger partial charge on any atom is 0.352 e. The predicted molar refractivity (Wildman–Crippen MR) is 153 cm³/mol. The number of pyridine rings is 1. The molecule has 2 fully saturated rings. The molecule has 16 heteroatoms. The fourth-order valence-corrected chi connectivity index (χ4v) is 7.25. The molecule has 14 nitrogen and oxygen atoms in total. The summed E-state index contributed by atoms with van der Waals surface area (Å²) in [6.07, 6.45) is 4.03. The van der Waals surface area contributed by atoms with Gasteiger partial charge >= 0.3 is 5.97 Å². The molecule has 0 saturated carbocycles. The van der Waals surface area contributed by atoms with Gasteiger partial charge in [0.05, 0.1) is 26.0 Å².